The molecule has 0 aliphatic carbocycles. The fourth-order valence-electron chi connectivity index (χ4n) is 1.08. The van der Waals surface area contributed by atoms with E-state index >= 15 is 0 Å². The van der Waals surface area contributed by atoms with Crippen LogP contribution in [-0.4, -0.2) is 24.3 Å². The van der Waals surface area contributed by atoms with Crippen molar-refractivity contribution in [2.24, 2.45) is 5.73 Å². The van der Waals surface area contributed by atoms with E-state index < -0.39 is 0 Å². The Labute approximate surface area is 90.4 Å². The lowest BCUT2D eigenvalue weighted by Gasteiger charge is -2.09. The molecule has 0 fully saturated rings. The van der Waals surface area contributed by atoms with Gasteiger partial charge in [0.1, 0.15) is 6.61 Å². The van der Waals surface area contributed by atoms with Crippen LogP contribution in [0, 0.1) is 0 Å². The molecule has 1 aromatic rings. The van der Waals surface area contributed by atoms with Gasteiger partial charge in [-0.1, -0.05) is 6.07 Å². The van der Waals surface area contributed by atoms with Crippen molar-refractivity contribution in [3.05, 3.63) is 23.9 Å². The molecule has 4 heteroatoms. The first-order chi connectivity index (χ1) is 7.22. The lowest BCUT2D eigenvalue weighted by atomic mass is 10.3. The fourth-order valence-corrected chi connectivity index (χ4v) is 1.08. The molecule has 4 nitrogen and oxygen atoms in total. The van der Waals surface area contributed by atoms with E-state index in [1.54, 1.807) is 0 Å². The highest BCUT2D eigenvalue weighted by atomic mass is 16.5. The smallest absolute Gasteiger partial charge is 0.213 e. The van der Waals surface area contributed by atoms with Crippen molar-refractivity contribution < 1.29 is 9.47 Å². The number of nitrogens with two attached hydrogens (primary N) is 1. The van der Waals surface area contributed by atoms with Gasteiger partial charge >= 0.3 is 0 Å². The minimum atomic E-state index is 0.233. The van der Waals surface area contributed by atoms with E-state index in [-0.39, 0.29) is 6.10 Å². The zero-order chi connectivity index (χ0) is 11.1. The first-order valence-corrected chi connectivity index (χ1v) is 5.12. The molecular weight excluding hydrogens is 192 g/mol. The number of nitrogens with zero attached hydrogens (tertiary/aromatic N) is 1. The first-order valence-electron chi connectivity index (χ1n) is 5.12. The molecule has 2 N–H and O–H groups in total. The summed E-state index contributed by atoms with van der Waals surface area (Å²) >= 11 is 0. The third-order valence-corrected chi connectivity index (χ3v) is 1.77. The van der Waals surface area contributed by atoms with Gasteiger partial charge in [0.25, 0.3) is 0 Å². The Morgan fingerprint density at radius 1 is 1.33 bits per heavy atom. The van der Waals surface area contributed by atoms with Gasteiger partial charge in [-0.3, -0.25) is 0 Å². The summed E-state index contributed by atoms with van der Waals surface area (Å²) in [6.07, 6.45) is 0.233. The van der Waals surface area contributed by atoms with Gasteiger partial charge in [-0.15, -0.1) is 0 Å². The van der Waals surface area contributed by atoms with E-state index in [4.69, 9.17) is 15.2 Å². The molecule has 0 aliphatic rings. The first kappa shape index (κ1) is 11.9. The molecule has 1 rings (SSSR count). The maximum atomic E-state index is 5.47. The predicted octanol–water partition coefficient (Wildman–Crippen LogP) is 1.34. The van der Waals surface area contributed by atoms with Crippen molar-refractivity contribution >= 4 is 0 Å². The van der Waals surface area contributed by atoms with Crippen LogP contribution in [0.25, 0.3) is 0 Å². The zero-order valence-electron chi connectivity index (χ0n) is 9.27. The molecule has 0 amide bonds. The Bertz CT molecular complexity index is 290. The topological polar surface area (TPSA) is 57.4 Å². The quantitative estimate of drug-likeness (QED) is 0.720. The van der Waals surface area contributed by atoms with Crippen molar-refractivity contribution in [1.82, 2.24) is 4.98 Å². The zero-order valence-corrected chi connectivity index (χ0v) is 9.27. The summed E-state index contributed by atoms with van der Waals surface area (Å²) in [5, 5.41) is 0. The van der Waals surface area contributed by atoms with Crippen molar-refractivity contribution in [3.8, 4) is 5.88 Å². The third kappa shape index (κ3) is 4.76. The largest absolute Gasteiger partial charge is 0.475 e. The van der Waals surface area contributed by atoms with Crippen LogP contribution in [0.2, 0.25) is 0 Å². The second kappa shape index (κ2) is 6.37. The molecule has 1 aromatic heterocycles. The van der Waals surface area contributed by atoms with Crippen molar-refractivity contribution in [3.63, 3.8) is 0 Å². The van der Waals surface area contributed by atoms with E-state index in [1.807, 2.05) is 32.0 Å². The molecule has 0 aromatic carbocycles. The summed E-state index contributed by atoms with van der Waals surface area (Å²) in [6, 6.07) is 5.57. The van der Waals surface area contributed by atoms with Crippen LogP contribution in [0.1, 0.15) is 19.5 Å². The van der Waals surface area contributed by atoms with Gasteiger partial charge < -0.3 is 15.2 Å². The molecule has 0 bridgehead atoms. The number of pyridine rings is 1. The van der Waals surface area contributed by atoms with Crippen LogP contribution >= 0.6 is 0 Å². The molecule has 0 saturated heterocycles. The van der Waals surface area contributed by atoms with Crippen LogP contribution in [0.15, 0.2) is 18.2 Å². The highest BCUT2D eigenvalue weighted by Crippen LogP contribution is 2.06. The molecule has 84 valence electrons. The molecule has 0 radical (unpaired) electrons. The van der Waals surface area contributed by atoms with Crippen molar-refractivity contribution in [2.75, 3.05) is 13.2 Å². The second-order valence-electron chi connectivity index (χ2n) is 3.44. The van der Waals surface area contributed by atoms with E-state index in [0.29, 0.717) is 25.6 Å². The Balaban J connectivity index is 2.30. The van der Waals surface area contributed by atoms with Gasteiger partial charge in [0.2, 0.25) is 5.88 Å². The maximum absolute atomic E-state index is 5.47. The lowest BCUT2D eigenvalue weighted by Crippen LogP contribution is -2.12. The van der Waals surface area contributed by atoms with E-state index in [1.165, 1.54) is 0 Å². The summed E-state index contributed by atoms with van der Waals surface area (Å²) in [5.74, 6) is 0.602. The number of ether oxygens (including phenoxy) is 2. The van der Waals surface area contributed by atoms with Gasteiger partial charge in [0.15, 0.2) is 0 Å². The minimum Gasteiger partial charge on any atom is -0.475 e. The van der Waals surface area contributed by atoms with Crippen LogP contribution in [0.3, 0.4) is 0 Å². The lowest BCUT2D eigenvalue weighted by molar-refractivity contribution is 0.0542. The molecule has 1 heterocycles. The number of hydrogen-bond acceptors (Lipinski definition) is 4. The molecule has 0 saturated carbocycles. The standard InChI is InChI=1S/C11H18N2O2/c1-9(2)14-6-7-15-11-5-3-4-10(8-12)13-11/h3-5,9H,6-8,12H2,1-2H3. The Morgan fingerprint density at radius 3 is 2.80 bits per heavy atom. The summed E-state index contributed by atoms with van der Waals surface area (Å²) in [4.78, 5) is 4.21. The normalized spacial score (nSPS) is 10.7. The van der Waals surface area contributed by atoms with Gasteiger partial charge in [-0.05, 0) is 19.9 Å². The summed E-state index contributed by atoms with van der Waals surface area (Å²) in [6.45, 7) is 5.51. The van der Waals surface area contributed by atoms with Crippen LogP contribution < -0.4 is 10.5 Å². The fraction of sp³-hybridized carbons (Fsp3) is 0.545. The monoisotopic (exact) mass is 210 g/mol. The van der Waals surface area contributed by atoms with Gasteiger partial charge in [0.05, 0.1) is 18.4 Å². The van der Waals surface area contributed by atoms with Gasteiger partial charge in [-0.25, -0.2) is 4.98 Å². The summed E-state index contributed by atoms with van der Waals surface area (Å²) in [5.41, 5.74) is 6.30. The number of hydrogen-bond donors (Lipinski definition) is 1. The molecule has 0 spiro atoms. The number of aromatic nitrogens is 1. The van der Waals surface area contributed by atoms with Gasteiger partial charge in [0, 0.05) is 12.6 Å². The molecular formula is C11H18N2O2. The Hall–Kier alpha value is -1.13. The van der Waals surface area contributed by atoms with Crippen LogP contribution in [0.4, 0.5) is 0 Å². The van der Waals surface area contributed by atoms with E-state index in [9.17, 15) is 0 Å². The van der Waals surface area contributed by atoms with Gasteiger partial charge in [-0.2, -0.15) is 0 Å². The molecule has 0 unspecified atom stereocenters. The van der Waals surface area contributed by atoms with Crippen LogP contribution in [-0.2, 0) is 11.3 Å². The van der Waals surface area contributed by atoms with Crippen LogP contribution in [0.5, 0.6) is 5.88 Å². The maximum Gasteiger partial charge on any atom is 0.213 e. The van der Waals surface area contributed by atoms with E-state index in [2.05, 4.69) is 4.98 Å². The summed E-state index contributed by atoms with van der Waals surface area (Å²) < 4.78 is 10.7. The number of rotatable bonds is 6. The van der Waals surface area contributed by atoms with Crippen molar-refractivity contribution in [1.29, 1.82) is 0 Å². The average Bonchev–Trinajstić information content (AvgIpc) is 2.24. The highest BCUT2D eigenvalue weighted by molar-refractivity contribution is 5.15. The second-order valence-corrected chi connectivity index (χ2v) is 3.44. The summed E-state index contributed by atoms with van der Waals surface area (Å²) in [7, 11) is 0. The molecule has 15 heavy (non-hydrogen) atoms. The average molecular weight is 210 g/mol. The SMILES string of the molecule is CC(C)OCCOc1cccc(CN)n1. The Kier molecular flexibility index (Phi) is 5.07. The third-order valence-electron chi connectivity index (χ3n) is 1.77. The minimum absolute atomic E-state index is 0.233. The Morgan fingerprint density at radius 2 is 2.13 bits per heavy atom. The molecule has 0 aliphatic heterocycles. The predicted molar refractivity (Wildman–Crippen MR) is 58.7 cm³/mol. The highest BCUT2D eigenvalue weighted by Gasteiger charge is 1.98. The van der Waals surface area contributed by atoms with E-state index in [0.717, 1.165) is 5.69 Å². The molecule has 0 atom stereocenters. The van der Waals surface area contributed by atoms with Crippen molar-refractivity contribution in [2.45, 2.75) is 26.5 Å².